The van der Waals surface area contributed by atoms with E-state index in [2.05, 4.69) is 18.7 Å². The van der Waals surface area contributed by atoms with E-state index < -0.39 is 0 Å². The lowest BCUT2D eigenvalue weighted by atomic mass is 10.2. The maximum absolute atomic E-state index is 12.3. The standard InChI is InChI=1S/C20H22ClNO4/c1-3-22(4-2)16-7-5-15(6-8-16)20(23)26-13-14-11-17(21)19-18(12-14)24-9-10-25-19/h5-8,11-12H,3-4,9-10,13H2,1-2H3. The van der Waals surface area contributed by atoms with Crippen LogP contribution in [0, 0.1) is 0 Å². The Balaban J connectivity index is 1.64. The van der Waals surface area contributed by atoms with Crippen LogP contribution >= 0.6 is 11.6 Å². The molecule has 26 heavy (non-hydrogen) atoms. The Labute approximate surface area is 158 Å². The molecule has 6 heteroatoms. The van der Waals surface area contributed by atoms with Gasteiger partial charge in [-0.25, -0.2) is 4.79 Å². The van der Waals surface area contributed by atoms with Crippen molar-refractivity contribution in [3.63, 3.8) is 0 Å². The molecule has 2 aromatic carbocycles. The number of halogens is 1. The lowest BCUT2D eigenvalue weighted by molar-refractivity contribution is 0.0472. The van der Waals surface area contributed by atoms with Crippen LogP contribution in [0.15, 0.2) is 36.4 Å². The van der Waals surface area contributed by atoms with Crippen molar-refractivity contribution in [3.8, 4) is 11.5 Å². The topological polar surface area (TPSA) is 48.0 Å². The minimum atomic E-state index is -0.373. The summed E-state index contributed by atoms with van der Waals surface area (Å²) in [6, 6.07) is 11.0. The number of anilines is 1. The molecular weight excluding hydrogens is 354 g/mol. The fourth-order valence-corrected chi connectivity index (χ4v) is 3.16. The van der Waals surface area contributed by atoms with E-state index in [1.54, 1.807) is 24.3 Å². The molecule has 0 saturated heterocycles. The molecule has 0 spiro atoms. The molecule has 0 atom stereocenters. The second-order valence-corrected chi connectivity index (χ2v) is 6.30. The number of carbonyl (C=O) groups excluding carboxylic acids is 1. The van der Waals surface area contributed by atoms with Gasteiger partial charge in [0.15, 0.2) is 11.5 Å². The molecule has 0 fully saturated rings. The van der Waals surface area contributed by atoms with E-state index in [4.69, 9.17) is 25.8 Å². The van der Waals surface area contributed by atoms with Crippen molar-refractivity contribution in [2.24, 2.45) is 0 Å². The summed E-state index contributed by atoms with van der Waals surface area (Å²) in [5, 5.41) is 0.455. The summed E-state index contributed by atoms with van der Waals surface area (Å²) in [6.45, 7) is 7.12. The zero-order valence-electron chi connectivity index (χ0n) is 15.0. The highest BCUT2D eigenvalue weighted by molar-refractivity contribution is 6.32. The highest BCUT2D eigenvalue weighted by Gasteiger charge is 2.17. The van der Waals surface area contributed by atoms with Gasteiger partial charge in [-0.15, -0.1) is 0 Å². The fourth-order valence-electron chi connectivity index (χ4n) is 2.88. The fraction of sp³-hybridized carbons (Fsp3) is 0.350. The van der Waals surface area contributed by atoms with E-state index in [-0.39, 0.29) is 12.6 Å². The SMILES string of the molecule is CCN(CC)c1ccc(C(=O)OCc2cc(Cl)c3c(c2)OCCO3)cc1. The van der Waals surface area contributed by atoms with Crippen molar-refractivity contribution in [2.75, 3.05) is 31.2 Å². The van der Waals surface area contributed by atoms with Crippen molar-refractivity contribution in [1.29, 1.82) is 0 Å². The largest absolute Gasteiger partial charge is 0.486 e. The van der Waals surface area contributed by atoms with Gasteiger partial charge in [0.1, 0.15) is 19.8 Å². The lowest BCUT2D eigenvalue weighted by Crippen LogP contribution is -2.21. The highest BCUT2D eigenvalue weighted by atomic mass is 35.5. The minimum absolute atomic E-state index is 0.118. The first-order chi connectivity index (χ1) is 12.6. The van der Waals surface area contributed by atoms with Gasteiger partial charge in [-0.2, -0.15) is 0 Å². The maximum atomic E-state index is 12.3. The third kappa shape index (κ3) is 4.05. The number of esters is 1. The molecule has 0 aromatic heterocycles. The Morgan fingerprint density at radius 1 is 1.12 bits per heavy atom. The predicted molar refractivity (Wildman–Crippen MR) is 102 cm³/mol. The van der Waals surface area contributed by atoms with E-state index >= 15 is 0 Å². The zero-order chi connectivity index (χ0) is 18.5. The van der Waals surface area contributed by atoms with Crippen molar-refractivity contribution >= 4 is 23.3 Å². The molecular formula is C20H22ClNO4. The molecule has 0 amide bonds. The molecule has 2 aromatic rings. The van der Waals surface area contributed by atoms with Crippen molar-refractivity contribution in [3.05, 3.63) is 52.5 Å². The average Bonchev–Trinajstić information content (AvgIpc) is 2.68. The Morgan fingerprint density at radius 3 is 2.50 bits per heavy atom. The maximum Gasteiger partial charge on any atom is 0.338 e. The molecule has 1 aliphatic heterocycles. The first-order valence-electron chi connectivity index (χ1n) is 8.72. The highest BCUT2D eigenvalue weighted by Crippen LogP contribution is 2.38. The Morgan fingerprint density at radius 2 is 1.81 bits per heavy atom. The molecule has 0 radical (unpaired) electrons. The van der Waals surface area contributed by atoms with Crippen LogP contribution in [0.1, 0.15) is 29.8 Å². The number of ether oxygens (including phenoxy) is 3. The molecule has 0 aliphatic carbocycles. The number of fused-ring (bicyclic) bond motifs is 1. The van der Waals surface area contributed by atoms with Gasteiger partial charge < -0.3 is 19.1 Å². The number of rotatable bonds is 6. The summed E-state index contributed by atoms with van der Waals surface area (Å²) in [6.07, 6.45) is 0. The summed E-state index contributed by atoms with van der Waals surface area (Å²) >= 11 is 6.20. The van der Waals surface area contributed by atoms with E-state index in [0.717, 1.165) is 24.3 Å². The zero-order valence-corrected chi connectivity index (χ0v) is 15.7. The first kappa shape index (κ1) is 18.4. The van der Waals surface area contributed by atoms with Gasteiger partial charge in [0.25, 0.3) is 0 Å². The first-order valence-corrected chi connectivity index (χ1v) is 9.10. The average molecular weight is 376 g/mol. The van der Waals surface area contributed by atoms with Gasteiger partial charge >= 0.3 is 5.97 Å². The van der Waals surface area contributed by atoms with E-state index in [1.165, 1.54) is 0 Å². The number of benzene rings is 2. The lowest BCUT2D eigenvalue weighted by Gasteiger charge is -2.21. The smallest absolute Gasteiger partial charge is 0.338 e. The Bertz CT molecular complexity index is 772. The normalized spacial score (nSPS) is 12.6. The van der Waals surface area contributed by atoms with Crippen LogP contribution in [-0.2, 0) is 11.3 Å². The van der Waals surface area contributed by atoms with Gasteiger partial charge in [-0.05, 0) is 55.8 Å². The summed E-state index contributed by atoms with van der Waals surface area (Å²) in [5.41, 5.74) is 2.36. The molecule has 0 N–H and O–H groups in total. The van der Waals surface area contributed by atoms with Crippen LogP contribution in [0.2, 0.25) is 5.02 Å². The van der Waals surface area contributed by atoms with E-state index in [9.17, 15) is 4.79 Å². The molecule has 138 valence electrons. The molecule has 0 bridgehead atoms. The van der Waals surface area contributed by atoms with Gasteiger partial charge in [0.2, 0.25) is 0 Å². The molecule has 0 unspecified atom stereocenters. The third-order valence-electron chi connectivity index (χ3n) is 4.26. The van der Waals surface area contributed by atoms with E-state index in [0.29, 0.717) is 35.3 Å². The number of nitrogens with zero attached hydrogens (tertiary/aromatic N) is 1. The summed E-state index contributed by atoms with van der Waals surface area (Å²) in [5.74, 6) is 0.750. The Hall–Kier alpha value is -2.40. The number of carbonyl (C=O) groups is 1. The molecule has 0 saturated carbocycles. The monoisotopic (exact) mass is 375 g/mol. The van der Waals surface area contributed by atoms with Gasteiger partial charge in [0.05, 0.1) is 10.6 Å². The second kappa shape index (κ2) is 8.32. The summed E-state index contributed by atoms with van der Waals surface area (Å²) in [7, 11) is 0. The van der Waals surface area contributed by atoms with Gasteiger partial charge in [-0.3, -0.25) is 0 Å². The van der Waals surface area contributed by atoms with Crippen molar-refractivity contribution < 1.29 is 19.0 Å². The summed E-state index contributed by atoms with van der Waals surface area (Å²) in [4.78, 5) is 14.5. The molecule has 3 rings (SSSR count). The molecule has 1 aliphatic rings. The van der Waals surface area contributed by atoms with Crippen LogP contribution in [0.3, 0.4) is 0 Å². The summed E-state index contributed by atoms with van der Waals surface area (Å²) < 4.78 is 16.4. The third-order valence-corrected chi connectivity index (χ3v) is 4.54. The predicted octanol–water partition coefficient (Wildman–Crippen LogP) is 4.31. The number of hydrogen-bond donors (Lipinski definition) is 0. The van der Waals surface area contributed by atoms with Crippen LogP contribution in [0.25, 0.3) is 0 Å². The van der Waals surface area contributed by atoms with Crippen LogP contribution < -0.4 is 14.4 Å². The quantitative estimate of drug-likeness (QED) is 0.704. The number of hydrogen-bond acceptors (Lipinski definition) is 5. The van der Waals surface area contributed by atoms with Crippen molar-refractivity contribution in [1.82, 2.24) is 0 Å². The van der Waals surface area contributed by atoms with Crippen LogP contribution in [-0.4, -0.2) is 32.3 Å². The van der Waals surface area contributed by atoms with E-state index in [1.807, 2.05) is 12.1 Å². The Kier molecular flexibility index (Phi) is 5.89. The van der Waals surface area contributed by atoms with Gasteiger partial charge in [-0.1, -0.05) is 11.6 Å². The van der Waals surface area contributed by atoms with Gasteiger partial charge in [0, 0.05) is 18.8 Å². The van der Waals surface area contributed by atoms with Crippen LogP contribution in [0.4, 0.5) is 5.69 Å². The minimum Gasteiger partial charge on any atom is -0.486 e. The molecule has 1 heterocycles. The second-order valence-electron chi connectivity index (χ2n) is 5.90. The van der Waals surface area contributed by atoms with Crippen LogP contribution in [0.5, 0.6) is 11.5 Å². The molecule has 5 nitrogen and oxygen atoms in total. The van der Waals surface area contributed by atoms with Crippen molar-refractivity contribution in [2.45, 2.75) is 20.5 Å².